The van der Waals surface area contributed by atoms with Crippen LogP contribution < -0.4 is 5.32 Å². The zero-order valence-electron chi connectivity index (χ0n) is 16.0. The first-order valence-corrected chi connectivity index (χ1v) is 9.04. The molecule has 5 heteroatoms. The van der Waals surface area contributed by atoms with E-state index in [1.165, 1.54) is 0 Å². The molecule has 0 spiro atoms. The topological polar surface area (TPSA) is 71.3 Å². The molecular formula is C21H28N2O3. The molecule has 1 aromatic heterocycles. The van der Waals surface area contributed by atoms with Gasteiger partial charge in [-0.25, -0.2) is 0 Å². The number of benzene rings is 1. The van der Waals surface area contributed by atoms with E-state index in [2.05, 4.69) is 23.7 Å². The monoisotopic (exact) mass is 356 g/mol. The SMILES string of the molecule is Cc1cc(C(=O)NC(CCC(=O)O)Cc2ccccc2)c(C)n1C(C)C. The highest BCUT2D eigenvalue weighted by Crippen LogP contribution is 2.20. The average Bonchev–Trinajstić information content (AvgIpc) is 2.88. The molecule has 26 heavy (non-hydrogen) atoms. The number of carboxylic acid groups (broad SMARTS) is 1. The van der Waals surface area contributed by atoms with Gasteiger partial charge in [0.1, 0.15) is 0 Å². The van der Waals surface area contributed by atoms with Gasteiger partial charge in [-0.05, 0) is 52.2 Å². The summed E-state index contributed by atoms with van der Waals surface area (Å²) in [6.07, 6.45) is 1.05. The molecule has 0 aliphatic rings. The quantitative estimate of drug-likeness (QED) is 0.754. The fourth-order valence-electron chi connectivity index (χ4n) is 3.49. The Morgan fingerprint density at radius 3 is 2.35 bits per heavy atom. The van der Waals surface area contributed by atoms with E-state index < -0.39 is 5.97 Å². The van der Waals surface area contributed by atoms with Gasteiger partial charge in [0.2, 0.25) is 0 Å². The first-order chi connectivity index (χ1) is 12.3. The van der Waals surface area contributed by atoms with Crippen molar-refractivity contribution in [3.8, 4) is 0 Å². The number of hydrogen-bond donors (Lipinski definition) is 2. The summed E-state index contributed by atoms with van der Waals surface area (Å²) in [4.78, 5) is 23.8. The Labute approximate surface area is 155 Å². The third kappa shape index (κ3) is 4.97. The second-order valence-corrected chi connectivity index (χ2v) is 7.04. The predicted octanol–water partition coefficient (Wildman–Crippen LogP) is 3.89. The van der Waals surface area contributed by atoms with Crippen LogP contribution in [0.3, 0.4) is 0 Å². The van der Waals surface area contributed by atoms with Crippen LogP contribution in [-0.4, -0.2) is 27.6 Å². The minimum absolute atomic E-state index is 0.0306. The summed E-state index contributed by atoms with van der Waals surface area (Å²) in [5.41, 5.74) is 3.72. The van der Waals surface area contributed by atoms with Crippen molar-refractivity contribution in [1.82, 2.24) is 9.88 Å². The van der Waals surface area contributed by atoms with Crippen molar-refractivity contribution in [2.45, 2.75) is 59.0 Å². The first-order valence-electron chi connectivity index (χ1n) is 9.04. The first kappa shape index (κ1) is 19.8. The average molecular weight is 356 g/mol. The van der Waals surface area contributed by atoms with E-state index in [9.17, 15) is 9.59 Å². The Morgan fingerprint density at radius 1 is 1.15 bits per heavy atom. The highest BCUT2D eigenvalue weighted by Gasteiger charge is 2.20. The number of carbonyl (C=O) groups excluding carboxylic acids is 1. The van der Waals surface area contributed by atoms with E-state index in [0.717, 1.165) is 17.0 Å². The zero-order valence-corrected chi connectivity index (χ0v) is 16.0. The second kappa shape index (κ2) is 8.70. The number of carbonyl (C=O) groups is 2. The number of amides is 1. The van der Waals surface area contributed by atoms with Gasteiger partial charge in [-0.3, -0.25) is 9.59 Å². The maximum Gasteiger partial charge on any atom is 0.303 e. The van der Waals surface area contributed by atoms with Crippen LogP contribution in [0.5, 0.6) is 0 Å². The number of carboxylic acids is 1. The lowest BCUT2D eigenvalue weighted by Gasteiger charge is -2.19. The summed E-state index contributed by atoms with van der Waals surface area (Å²) in [6.45, 7) is 8.13. The minimum Gasteiger partial charge on any atom is -0.481 e. The molecule has 1 heterocycles. The Balaban J connectivity index is 2.17. The summed E-state index contributed by atoms with van der Waals surface area (Å²) < 4.78 is 2.14. The molecular weight excluding hydrogens is 328 g/mol. The molecule has 0 saturated heterocycles. The molecule has 1 unspecified atom stereocenters. The van der Waals surface area contributed by atoms with Gasteiger partial charge < -0.3 is 15.0 Å². The summed E-state index contributed by atoms with van der Waals surface area (Å²) >= 11 is 0. The Bertz CT molecular complexity index is 763. The van der Waals surface area contributed by atoms with E-state index in [1.807, 2.05) is 50.2 Å². The molecule has 0 aliphatic heterocycles. The van der Waals surface area contributed by atoms with Crippen molar-refractivity contribution >= 4 is 11.9 Å². The lowest BCUT2D eigenvalue weighted by Crippen LogP contribution is -2.37. The Hall–Kier alpha value is -2.56. The number of nitrogens with one attached hydrogen (secondary N) is 1. The lowest BCUT2D eigenvalue weighted by molar-refractivity contribution is -0.137. The smallest absolute Gasteiger partial charge is 0.303 e. The highest BCUT2D eigenvalue weighted by atomic mass is 16.4. The van der Waals surface area contributed by atoms with Gasteiger partial charge in [-0.2, -0.15) is 0 Å². The molecule has 5 nitrogen and oxygen atoms in total. The van der Waals surface area contributed by atoms with Gasteiger partial charge in [-0.1, -0.05) is 30.3 Å². The van der Waals surface area contributed by atoms with Gasteiger partial charge in [0.25, 0.3) is 5.91 Å². The number of aliphatic carboxylic acids is 1. The standard InChI is InChI=1S/C21H28N2O3/c1-14(2)23-15(3)12-19(16(23)4)21(26)22-18(10-11-20(24)25)13-17-8-6-5-7-9-17/h5-9,12,14,18H,10-11,13H2,1-4H3,(H,22,26)(H,24,25). The van der Waals surface area contributed by atoms with Crippen LogP contribution in [0, 0.1) is 13.8 Å². The van der Waals surface area contributed by atoms with Crippen LogP contribution >= 0.6 is 0 Å². The molecule has 2 N–H and O–H groups in total. The van der Waals surface area contributed by atoms with Crippen molar-refractivity contribution in [3.63, 3.8) is 0 Å². The molecule has 0 saturated carbocycles. The lowest BCUT2D eigenvalue weighted by atomic mass is 10.0. The van der Waals surface area contributed by atoms with Crippen LogP contribution in [-0.2, 0) is 11.2 Å². The van der Waals surface area contributed by atoms with E-state index in [-0.39, 0.29) is 24.4 Å². The van der Waals surface area contributed by atoms with Gasteiger partial charge >= 0.3 is 5.97 Å². The summed E-state index contributed by atoms with van der Waals surface area (Å²) in [5.74, 6) is -0.994. The molecule has 1 atom stereocenters. The molecule has 140 valence electrons. The van der Waals surface area contributed by atoms with Crippen molar-refractivity contribution < 1.29 is 14.7 Å². The second-order valence-electron chi connectivity index (χ2n) is 7.04. The predicted molar refractivity (Wildman–Crippen MR) is 103 cm³/mol. The molecule has 0 radical (unpaired) electrons. The number of rotatable bonds is 8. The Morgan fingerprint density at radius 2 is 1.81 bits per heavy atom. The maximum atomic E-state index is 12.8. The fourth-order valence-corrected chi connectivity index (χ4v) is 3.49. The van der Waals surface area contributed by atoms with Crippen LogP contribution in [0.1, 0.15) is 60.0 Å². The van der Waals surface area contributed by atoms with E-state index in [1.54, 1.807) is 0 Å². The third-order valence-corrected chi connectivity index (χ3v) is 4.61. The van der Waals surface area contributed by atoms with E-state index in [4.69, 9.17) is 5.11 Å². The molecule has 1 amide bonds. The molecule has 0 aliphatic carbocycles. The minimum atomic E-state index is -0.852. The van der Waals surface area contributed by atoms with Gasteiger partial charge in [0, 0.05) is 29.9 Å². The largest absolute Gasteiger partial charge is 0.481 e. The maximum absolute atomic E-state index is 12.8. The van der Waals surface area contributed by atoms with Crippen molar-refractivity contribution in [1.29, 1.82) is 0 Å². The number of hydrogen-bond acceptors (Lipinski definition) is 2. The molecule has 2 rings (SSSR count). The van der Waals surface area contributed by atoms with Crippen LogP contribution in [0.15, 0.2) is 36.4 Å². The van der Waals surface area contributed by atoms with Crippen molar-refractivity contribution in [3.05, 3.63) is 58.9 Å². The number of nitrogens with zero attached hydrogens (tertiary/aromatic N) is 1. The normalized spacial score (nSPS) is 12.2. The Kier molecular flexibility index (Phi) is 6.61. The summed E-state index contributed by atoms with van der Waals surface area (Å²) in [6, 6.07) is 11.8. The fraction of sp³-hybridized carbons (Fsp3) is 0.429. The third-order valence-electron chi connectivity index (χ3n) is 4.61. The zero-order chi connectivity index (χ0) is 19.3. The summed E-state index contributed by atoms with van der Waals surface area (Å²) in [7, 11) is 0. The van der Waals surface area contributed by atoms with Gasteiger partial charge in [0.15, 0.2) is 0 Å². The number of aryl methyl sites for hydroxylation is 1. The van der Waals surface area contributed by atoms with Crippen LogP contribution in [0.4, 0.5) is 0 Å². The van der Waals surface area contributed by atoms with Crippen molar-refractivity contribution in [2.75, 3.05) is 0 Å². The molecule has 2 aromatic rings. The number of aromatic nitrogens is 1. The van der Waals surface area contributed by atoms with Gasteiger partial charge in [-0.15, -0.1) is 0 Å². The summed E-state index contributed by atoms with van der Waals surface area (Å²) in [5, 5.41) is 12.1. The van der Waals surface area contributed by atoms with Crippen LogP contribution in [0.2, 0.25) is 0 Å². The van der Waals surface area contributed by atoms with Crippen LogP contribution in [0.25, 0.3) is 0 Å². The highest BCUT2D eigenvalue weighted by molar-refractivity contribution is 5.96. The van der Waals surface area contributed by atoms with Crippen molar-refractivity contribution in [2.24, 2.45) is 0 Å². The van der Waals surface area contributed by atoms with E-state index in [0.29, 0.717) is 18.4 Å². The van der Waals surface area contributed by atoms with E-state index >= 15 is 0 Å². The van der Waals surface area contributed by atoms with Gasteiger partial charge in [0.05, 0.1) is 5.56 Å². The molecule has 0 bridgehead atoms. The molecule has 0 fully saturated rings. The molecule has 1 aromatic carbocycles.